The summed E-state index contributed by atoms with van der Waals surface area (Å²) < 4.78 is 11.3. The number of aliphatic hydroxyl groups is 1. The molecular weight excluding hydrogens is 442 g/mol. The Balaban J connectivity index is 1.79. The lowest BCUT2D eigenvalue weighted by Gasteiger charge is -2.25. The standard InChI is InChI=1S/C29H31NO5/c1-18(2)17-35-23-8-5-7-22(15-23)27(31)25-26(21-12-10-20(11-13-21)19(3)4)30(29(33)28(25)32)16-24-9-6-14-34-24/h5-15,18-19,26,31H,16-17H2,1-4H3/b27-25-. The van der Waals surface area contributed by atoms with Gasteiger partial charge in [0.1, 0.15) is 17.3 Å². The van der Waals surface area contributed by atoms with Crippen molar-refractivity contribution >= 4 is 17.4 Å². The number of ether oxygens (including phenoxy) is 1. The van der Waals surface area contributed by atoms with Crippen LogP contribution in [0.3, 0.4) is 0 Å². The fourth-order valence-electron chi connectivity index (χ4n) is 4.17. The lowest BCUT2D eigenvalue weighted by molar-refractivity contribution is -0.140. The molecule has 0 spiro atoms. The van der Waals surface area contributed by atoms with Gasteiger partial charge in [0.05, 0.1) is 31.0 Å². The Morgan fingerprint density at radius 3 is 2.40 bits per heavy atom. The van der Waals surface area contributed by atoms with Crippen molar-refractivity contribution in [3.05, 3.63) is 95.0 Å². The molecular formula is C29H31NO5. The van der Waals surface area contributed by atoms with Gasteiger partial charge in [0, 0.05) is 5.56 Å². The first-order chi connectivity index (χ1) is 16.8. The average Bonchev–Trinajstić information content (AvgIpc) is 3.45. The zero-order chi connectivity index (χ0) is 25.1. The molecule has 4 rings (SSSR count). The van der Waals surface area contributed by atoms with Gasteiger partial charge in [-0.05, 0) is 47.2 Å². The van der Waals surface area contributed by atoms with E-state index in [1.54, 1.807) is 36.4 Å². The molecule has 182 valence electrons. The number of nitrogens with zero attached hydrogens (tertiary/aromatic N) is 1. The molecule has 1 aromatic heterocycles. The molecule has 0 bridgehead atoms. The van der Waals surface area contributed by atoms with Crippen molar-refractivity contribution in [2.75, 3.05) is 6.61 Å². The summed E-state index contributed by atoms with van der Waals surface area (Å²) in [6, 6.07) is 17.5. The predicted octanol–water partition coefficient (Wildman–Crippen LogP) is 6.06. The molecule has 0 saturated carbocycles. The van der Waals surface area contributed by atoms with E-state index >= 15 is 0 Å². The van der Waals surface area contributed by atoms with Crippen molar-refractivity contribution in [3.8, 4) is 5.75 Å². The molecule has 0 radical (unpaired) electrons. The van der Waals surface area contributed by atoms with Crippen molar-refractivity contribution in [1.29, 1.82) is 0 Å². The number of benzene rings is 2. The molecule has 2 heterocycles. The summed E-state index contributed by atoms with van der Waals surface area (Å²) in [5, 5.41) is 11.3. The summed E-state index contributed by atoms with van der Waals surface area (Å²) in [5.74, 6) is 0.206. The number of aliphatic hydroxyl groups excluding tert-OH is 1. The number of hydrogen-bond donors (Lipinski definition) is 1. The highest BCUT2D eigenvalue weighted by molar-refractivity contribution is 6.46. The van der Waals surface area contributed by atoms with Crippen LogP contribution in [0.15, 0.2) is 76.9 Å². The molecule has 1 atom stereocenters. The second-order valence-electron chi connectivity index (χ2n) is 9.56. The van der Waals surface area contributed by atoms with Gasteiger partial charge in [-0.3, -0.25) is 9.59 Å². The molecule has 0 aliphatic carbocycles. The van der Waals surface area contributed by atoms with Crippen LogP contribution < -0.4 is 4.74 Å². The number of ketones is 1. The van der Waals surface area contributed by atoms with Crippen LogP contribution in [-0.4, -0.2) is 28.3 Å². The monoisotopic (exact) mass is 473 g/mol. The third-order valence-electron chi connectivity index (χ3n) is 6.06. The highest BCUT2D eigenvalue weighted by Gasteiger charge is 2.46. The predicted molar refractivity (Wildman–Crippen MR) is 134 cm³/mol. The van der Waals surface area contributed by atoms with Crippen LogP contribution in [0, 0.1) is 5.92 Å². The van der Waals surface area contributed by atoms with Crippen molar-refractivity contribution in [1.82, 2.24) is 4.90 Å². The molecule has 3 aromatic rings. The van der Waals surface area contributed by atoms with Gasteiger partial charge in [-0.2, -0.15) is 0 Å². The lowest BCUT2D eigenvalue weighted by atomic mass is 9.93. The summed E-state index contributed by atoms with van der Waals surface area (Å²) >= 11 is 0. The maximum absolute atomic E-state index is 13.2. The molecule has 6 heteroatoms. The van der Waals surface area contributed by atoms with Gasteiger partial charge < -0.3 is 19.2 Å². The van der Waals surface area contributed by atoms with Gasteiger partial charge in [-0.1, -0.05) is 64.1 Å². The Hall–Kier alpha value is -3.80. The zero-order valence-electron chi connectivity index (χ0n) is 20.5. The number of furan rings is 1. The smallest absolute Gasteiger partial charge is 0.296 e. The number of amides is 1. The molecule has 1 fully saturated rings. The van der Waals surface area contributed by atoms with E-state index in [4.69, 9.17) is 9.15 Å². The summed E-state index contributed by atoms with van der Waals surface area (Å²) in [7, 11) is 0. The third-order valence-corrected chi connectivity index (χ3v) is 6.06. The van der Waals surface area contributed by atoms with Gasteiger partial charge in [0.15, 0.2) is 0 Å². The Morgan fingerprint density at radius 1 is 1.03 bits per heavy atom. The lowest BCUT2D eigenvalue weighted by Crippen LogP contribution is -2.29. The first-order valence-corrected chi connectivity index (χ1v) is 11.9. The van der Waals surface area contributed by atoms with Crippen LogP contribution in [0.2, 0.25) is 0 Å². The maximum atomic E-state index is 13.2. The largest absolute Gasteiger partial charge is 0.507 e. The molecule has 1 unspecified atom stereocenters. The summed E-state index contributed by atoms with van der Waals surface area (Å²) in [6.45, 7) is 8.95. The Labute approximate surface area is 205 Å². The van der Waals surface area contributed by atoms with Crippen LogP contribution in [0.5, 0.6) is 5.75 Å². The second-order valence-corrected chi connectivity index (χ2v) is 9.56. The van der Waals surface area contributed by atoms with E-state index in [2.05, 4.69) is 27.7 Å². The molecule has 2 aromatic carbocycles. The molecule has 1 saturated heterocycles. The van der Waals surface area contributed by atoms with Crippen LogP contribution in [0.4, 0.5) is 0 Å². The van der Waals surface area contributed by atoms with Crippen LogP contribution in [0.25, 0.3) is 5.76 Å². The van der Waals surface area contributed by atoms with Crippen molar-refractivity contribution in [3.63, 3.8) is 0 Å². The van der Waals surface area contributed by atoms with E-state index in [0.29, 0.717) is 35.5 Å². The SMILES string of the molecule is CC(C)COc1cccc(/C(O)=C2/C(=O)C(=O)N(Cc3ccco3)C2c2ccc(C(C)C)cc2)c1. The number of likely N-dealkylation sites (tertiary alicyclic amines) is 1. The van der Waals surface area contributed by atoms with E-state index in [1.165, 1.54) is 11.2 Å². The molecule has 35 heavy (non-hydrogen) atoms. The van der Waals surface area contributed by atoms with E-state index in [-0.39, 0.29) is 17.9 Å². The second kappa shape index (κ2) is 10.2. The van der Waals surface area contributed by atoms with Gasteiger partial charge >= 0.3 is 0 Å². The fourth-order valence-corrected chi connectivity index (χ4v) is 4.17. The number of hydrogen-bond acceptors (Lipinski definition) is 5. The molecule has 1 amide bonds. The Bertz CT molecular complexity index is 1220. The van der Waals surface area contributed by atoms with E-state index in [0.717, 1.165) is 11.1 Å². The number of carbonyl (C=O) groups excluding carboxylic acids is 2. The highest BCUT2D eigenvalue weighted by Crippen LogP contribution is 2.41. The van der Waals surface area contributed by atoms with Crippen molar-refractivity contribution < 1.29 is 23.8 Å². The third kappa shape index (κ3) is 5.16. The highest BCUT2D eigenvalue weighted by atomic mass is 16.5. The Morgan fingerprint density at radius 2 is 1.77 bits per heavy atom. The first-order valence-electron chi connectivity index (χ1n) is 11.9. The minimum atomic E-state index is -0.749. The molecule has 1 N–H and O–H groups in total. The van der Waals surface area contributed by atoms with Gasteiger partial charge in [-0.25, -0.2) is 0 Å². The zero-order valence-corrected chi connectivity index (χ0v) is 20.5. The molecule has 6 nitrogen and oxygen atoms in total. The van der Waals surface area contributed by atoms with Crippen molar-refractivity contribution in [2.45, 2.75) is 46.2 Å². The van der Waals surface area contributed by atoms with E-state index in [9.17, 15) is 14.7 Å². The Kier molecular flexibility index (Phi) is 7.10. The summed E-state index contributed by atoms with van der Waals surface area (Å²) in [5.41, 5.74) is 2.37. The van der Waals surface area contributed by atoms with E-state index < -0.39 is 17.7 Å². The summed E-state index contributed by atoms with van der Waals surface area (Å²) in [4.78, 5) is 27.8. The number of carbonyl (C=O) groups is 2. The average molecular weight is 474 g/mol. The van der Waals surface area contributed by atoms with Gasteiger partial charge in [0.2, 0.25) is 0 Å². The molecule has 1 aliphatic heterocycles. The maximum Gasteiger partial charge on any atom is 0.296 e. The van der Waals surface area contributed by atoms with Gasteiger partial charge in [-0.15, -0.1) is 0 Å². The van der Waals surface area contributed by atoms with Crippen molar-refractivity contribution in [2.24, 2.45) is 5.92 Å². The first kappa shape index (κ1) is 24.3. The van der Waals surface area contributed by atoms with E-state index in [1.807, 2.05) is 24.3 Å². The quantitative estimate of drug-likeness (QED) is 0.244. The van der Waals surface area contributed by atoms with Crippen LogP contribution >= 0.6 is 0 Å². The normalized spacial score (nSPS) is 17.5. The topological polar surface area (TPSA) is 80.0 Å². The van der Waals surface area contributed by atoms with Crippen LogP contribution in [0.1, 0.15) is 62.1 Å². The fraction of sp³-hybridized carbons (Fsp3) is 0.310. The van der Waals surface area contributed by atoms with Gasteiger partial charge in [0.25, 0.3) is 11.7 Å². The minimum Gasteiger partial charge on any atom is -0.507 e. The number of rotatable bonds is 8. The molecule has 1 aliphatic rings. The van der Waals surface area contributed by atoms with Crippen LogP contribution in [-0.2, 0) is 16.1 Å². The minimum absolute atomic E-state index is 0.0554. The number of Topliss-reactive ketones (excluding diaryl/α,β-unsaturated/α-hetero) is 1. The summed E-state index contributed by atoms with van der Waals surface area (Å²) in [6.07, 6.45) is 1.53.